The zero-order chi connectivity index (χ0) is 10.7. The molecule has 2 rings (SSSR count). The van der Waals surface area contributed by atoms with Gasteiger partial charge in [0, 0.05) is 11.9 Å². The number of aromatic nitrogens is 1. The van der Waals surface area contributed by atoms with E-state index in [1.54, 1.807) is 0 Å². The molecule has 1 aromatic rings. The molecule has 2 heterocycles. The molecule has 0 bridgehead atoms. The van der Waals surface area contributed by atoms with Crippen LogP contribution in [0.5, 0.6) is 5.88 Å². The summed E-state index contributed by atoms with van der Waals surface area (Å²) in [6.07, 6.45) is 3.01. The molecule has 0 saturated carbocycles. The lowest BCUT2D eigenvalue weighted by molar-refractivity contribution is 0.396. The van der Waals surface area contributed by atoms with Crippen LogP contribution in [0.15, 0.2) is 12.3 Å². The van der Waals surface area contributed by atoms with Crippen LogP contribution in [0.3, 0.4) is 0 Å². The third-order valence-corrected chi connectivity index (χ3v) is 3.75. The number of nitrogens with zero attached hydrogens (tertiary/aromatic N) is 2. The summed E-state index contributed by atoms with van der Waals surface area (Å²) in [5.74, 6) is 3.32. The smallest absolute Gasteiger partial charge is 0.231 e. The van der Waals surface area contributed by atoms with Crippen molar-refractivity contribution in [3.63, 3.8) is 0 Å². The van der Waals surface area contributed by atoms with Gasteiger partial charge in [0.05, 0.1) is 7.11 Å². The van der Waals surface area contributed by atoms with Crippen molar-refractivity contribution >= 4 is 11.8 Å². The van der Waals surface area contributed by atoms with Gasteiger partial charge in [-0.25, -0.2) is 4.98 Å². The molecule has 0 N–H and O–H groups in total. The first-order chi connectivity index (χ1) is 7.35. The largest absolute Gasteiger partial charge is 0.480 e. The van der Waals surface area contributed by atoms with E-state index in [-0.39, 0.29) is 0 Å². The van der Waals surface area contributed by atoms with Crippen LogP contribution in [0.1, 0.15) is 23.5 Å². The second-order valence-electron chi connectivity index (χ2n) is 3.50. The maximum Gasteiger partial charge on any atom is 0.231 e. The minimum Gasteiger partial charge on any atom is -0.480 e. The molecule has 3 nitrogen and oxygen atoms in total. The Hall–Kier alpha value is -1.21. The maximum atomic E-state index is 8.94. The molecule has 0 aliphatic carbocycles. The van der Waals surface area contributed by atoms with Gasteiger partial charge in [0.15, 0.2) is 0 Å². The predicted molar refractivity (Wildman–Crippen MR) is 60.2 cm³/mol. The van der Waals surface area contributed by atoms with E-state index < -0.39 is 0 Å². The summed E-state index contributed by atoms with van der Waals surface area (Å²) in [5, 5.41) is 8.94. The second kappa shape index (κ2) is 4.54. The molecular formula is C11H12N2OS. The standard InChI is InChI=1S/C11H12N2OS/c1-14-11-9(5-12)4-10(6-13-11)8-2-3-15-7-8/h4,6,8H,2-3,7H2,1H3. The molecule has 0 aromatic carbocycles. The zero-order valence-electron chi connectivity index (χ0n) is 8.56. The zero-order valence-corrected chi connectivity index (χ0v) is 9.38. The Kier molecular flexibility index (Phi) is 3.12. The van der Waals surface area contributed by atoms with E-state index >= 15 is 0 Å². The second-order valence-corrected chi connectivity index (χ2v) is 4.65. The van der Waals surface area contributed by atoms with Crippen molar-refractivity contribution in [3.05, 3.63) is 23.4 Å². The first kappa shape index (κ1) is 10.3. The third-order valence-electron chi connectivity index (χ3n) is 2.59. The summed E-state index contributed by atoms with van der Waals surface area (Å²) in [4.78, 5) is 4.16. The Balaban J connectivity index is 2.30. The number of rotatable bonds is 2. The van der Waals surface area contributed by atoms with E-state index in [1.165, 1.54) is 19.3 Å². The molecule has 4 heteroatoms. The molecule has 1 atom stereocenters. The average molecular weight is 220 g/mol. The Morgan fingerprint density at radius 1 is 1.67 bits per heavy atom. The van der Waals surface area contributed by atoms with Gasteiger partial charge in [-0.05, 0) is 29.7 Å². The van der Waals surface area contributed by atoms with E-state index in [4.69, 9.17) is 10.00 Å². The number of thioether (sulfide) groups is 1. The summed E-state index contributed by atoms with van der Waals surface area (Å²) in [6.45, 7) is 0. The Morgan fingerprint density at radius 3 is 3.13 bits per heavy atom. The van der Waals surface area contributed by atoms with Crippen LogP contribution >= 0.6 is 11.8 Å². The molecule has 1 aliphatic rings. The first-order valence-electron chi connectivity index (χ1n) is 4.87. The van der Waals surface area contributed by atoms with Crippen molar-refractivity contribution in [1.29, 1.82) is 5.26 Å². The van der Waals surface area contributed by atoms with Crippen LogP contribution in [-0.4, -0.2) is 23.6 Å². The SMILES string of the molecule is COc1ncc(C2CCSC2)cc1C#N. The highest BCUT2D eigenvalue weighted by Crippen LogP contribution is 2.33. The summed E-state index contributed by atoms with van der Waals surface area (Å²) < 4.78 is 5.02. The van der Waals surface area contributed by atoms with Crippen molar-refractivity contribution in [2.45, 2.75) is 12.3 Å². The van der Waals surface area contributed by atoms with Crippen LogP contribution < -0.4 is 4.74 Å². The molecule has 0 spiro atoms. The van der Waals surface area contributed by atoms with E-state index in [2.05, 4.69) is 11.1 Å². The van der Waals surface area contributed by atoms with Gasteiger partial charge in [0.2, 0.25) is 5.88 Å². The molecule has 1 saturated heterocycles. The summed E-state index contributed by atoms with van der Waals surface area (Å²) in [5.41, 5.74) is 1.70. The molecule has 1 unspecified atom stereocenters. The highest BCUT2D eigenvalue weighted by Gasteiger charge is 2.19. The van der Waals surface area contributed by atoms with Gasteiger partial charge in [-0.2, -0.15) is 17.0 Å². The minimum atomic E-state index is 0.423. The number of hydrogen-bond acceptors (Lipinski definition) is 4. The van der Waals surface area contributed by atoms with E-state index in [0.29, 0.717) is 17.4 Å². The highest BCUT2D eigenvalue weighted by molar-refractivity contribution is 7.99. The lowest BCUT2D eigenvalue weighted by Gasteiger charge is -2.09. The summed E-state index contributed by atoms with van der Waals surface area (Å²) in [7, 11) is 1.54. The van der Waals surface area contributed by atoms with Gasteiger partial charge in [0.25, 0.3) is 0 Å². The fraction of sp³-hybridized carbons (Fsp3) is 0.455. The molecule has 78 valence electrons. The van der Waals surface area contributed by atoms with E-state index in [1.807, 2.05) is 24.0 Å². The summed E-state index contributed by atoms with van der Waals surface area (Å²) >= 11 is 1.96. The van der Waals surface area contributed by atoms with Gasteiger partial charge in [-0.15, -0.1) is 0 Å². The van der Waals surface area contributed by atoms with Gasteiger partial charge in [-0.3, -0.25) is 0 Å². The molecule has 1 fully saturated rings. The monoisotopic (exact) mass is 220 g/mol. The molecule has 0 radical (unpaired) electrons. The van der Waals surface area contributed by atoms with Crippen LogP contribution in [0.2, 0.25) is 0 Å². The Bertz CT molecular complexity index is 394. The van der Waals surface area contributed by atoms with Crippen molar-refractivity contribution < 1.29 is 4.74 Å². The lowest BCUT2D eigenvalue weighted by Crippen LogP contribution is -2.00. The lowest BCUT2D eigenvalue weighted by atomic mass is 9.99. The number of ether oxygens (including phenoxy) is 1. The minimum absolute atomic E-state index is 0.423. The van der Waals surface area contributed by atoms with Gasteiger partial charge < -0.3 is 4.74 Å². The molecular weight excluding hydrogens is 208 g/mol. The highest BCUT2D eigenvalue weighted by atomic mass is 32.2. The number of pyridine rings is 1. The fourth-order valence-electron chi connectivity index (χ4n) is 1.73. The number of nitriles is 1. The van der Waals surface area contributed by atoms with Gasteiger partial charge in [0.1, 0.15) is 11.6 Å². The molecule has 0 amide bonds. The van der Waals surface area contributed by atoms with Crippen LogP contribution in [-0.2, 0) is 0 Å². The van der Waals surface area contributed by atoms with Crippen LogP contribution in [0.25, 0.3) is 0 Å². The Morgan fingerprint density at radius 2 is 2.53 bits per heavy atom. The molecule has 1 aliphatic heterocycles. The fourth-order valence-corrected chi connectivity index (χ4v) is 2.99. The normalized spacial score (nSPS) is 19.9. The first-order valence-corrected chi connectivity index (χ1v) is 6.02. The topological polar surface area (TPSA) is 45.9 Å². The summed E-state index contributed by atoms with van der Waals surface area (Å²) in [6, 6.07) is 4.02. The maximum absolute atomic E-state index is 8.94. The van der Waals surface area contributed by atoms with Crippen molar-refractivity contribution in [2.24, 2.45) is 0 Å². The van der Waals surface area contributed by atoms with Crippen molar-refractivity contribution in [3.8, 4) is 11.9 Å². The van der Waals surface area contributed by atoms with Gasteiger partial charge >= 0.3 is 0 Å². The van der Waals surface area contributed by atoms with Crippen LogP contribution in [0.4, 0.5) is 0 Å². The van der Waals surface area contributed by atoms with Gasteiger partial charge in [-0.1, -0.05) is 0 Å². The number of methoxy groups -OCH3 is 1. The van der Waals surface area contributed by atoms with Crippen LogP contribution in [0, 0.1) is 11.3 Å². The third kappa shape index (κ3) is 2.07. The quantitative estimate of drug-likeness (QED) is 0.766. The molecule has 15 heavy (non-hydrogen) atoms. The Labute approximate surface area is 93.5 Å². The average Bonchev–Trinajstić information content (AvgIpc) is 2.81. The van der Waals surface area contributed by atoms with E-state index in [0.717, 1.165) is 11.3 Å². The molecule has 1 aromatic heterocycles. The number of hydrogen-bond donors (Lipinski definition) is 0. The van der Waals surface area contributed by atoms with Crippen molar-refractivity contribution in [2.75, 3.05) is 18.6 Å². The predicted octanol–water partition coefficient (Wildman–Crippen LogP) is 2.18. The van der Waals surface area contributed by atoms with Crippen molar-refractivity contribution in [1.82, 2.24) is 4.98 Å². The van der Waals surface area contributed by atoms with E-state index in [9.17, 15) is 0 Å².